The van der Waals surface area contributed by atoms with Gasteiger partial charge in [0.2, 0.25) is 0 Å². The largest absolute Gasteiger partial charge is 0.496 e. The van der Waals surface area contributed by atoms with E-state index in [0.29, 0.717) is 12.6 Å². The summed E-state index contributed by atoms with van der Waals surface area (Å²) in [5, 5.41) is 3.52. The zero-order valence-electron chi connectivity index (χ0n) is 11.4. The molecule has 1 aromatic rings. The van der Waals surface area contributed by atoms with Gasteiger partial charge in [0.25, 0.3) is 0 Å². The first-order chi connectivity index (χ1) is 8.65. The molecule has 4 nitrogen and oxygen atoms in total. The van der Waals surface area contributed by atoms with Gasteiger partial charge >= 0.3 is 0 Å². The van der Waals surface area contributed by atoms with Crippen molar-refractivity contribution in [2.24, 2.45) is 0 Å². The molecule has 2 atom stereocenters. The number of hydrogen-bond donors (Lipinski definition) is 1. The second-order valence-corrected chi connectivity index (χ2v) is 4.72. The number of morpholine rings is 1. The molecule has 0 amide bonds. The maximum Gasteiger partial charge on any atom is 0.124 e. The molecule has 1 aromatic carbocycles. The lowest BCUT2D eigenvalue weighted by Crippen LogP contribution is -2.41. The van der Waals surface area contributed by atoms with Crippen molar-refractivity contribution in [2.45, 2.75) is 25.9 Å². The van der Waals surface area contributed by atoms with Crippen LogP contribution >= 0.6 is 0 Å². The van der Waals surface area contributed by atoms with Crippen LogP contribution in [-0.4, -0.2) is 33.5 Å². The highest BCUT2D eigenvalue weighted by atomic mass is 16.5. The zero-order chi connectivity index (χ0) is 13.1. The van der Waals surface area contributed by atoms with Crippen molar-refractivity contribution < 1.29 is 14.2 Å². The summed E-state index contributed by atoms with van der Waals surface area (Å²) in [5.74, 6) is 1.76. The highest BCUT2D eigenvalue weighted by Gasteiger charge is 2.23. The summed E-state index contributed by atoms with van der Waals surface area (Å²) >= 11 is 0. The van der Waals surface area contributed by atoms with Gasteiger partial charge in [-0.25, -0.2) is 0 Å². The first kappa shape index (κ1) is 13.2. The van der Waals surface area contributed by atoms with Gasteiger partial charge in [0.05, 0.1) is 33.5 Å². The van der Waals surface area contributed by atoms with Gasteiger partial charge in [0.15, 0.2) is 0 Å². The molecule has 1 N–H and O–H groups in total. The van der Waals surface area contributed by atoms with Crippen LogP contribution in [0.25, 0.3) is 0 Å². The lowest BCUT2D eigenvalue weighted by atomic mass is 10.0. The highest BCUT2D eigenvalue weighted by Crippen LogP contribution is 2.33. The van der Waals surface area contributed by atoms with Crippen LogP contribution in [-0.2, 0) is 4.74 Å². The third-order valence-electron chi connectivity index (χ3n) is 3.26. The number of aryl methyl sites for hydroxylation is 1. The molecule has 0 bridgehead atoms. The van der Waals surface area contributed by atoms with E-state index in [4.69, 9.17) is 14.2 Å². The van der Waals surface area contributed by atoms with Crippen LogP contribution in [0.2, 0.25) is 0 Å². The van der Waals surface area contributed by atoms with E-state index in [-0.39, 0.29) is 6.04 Å². The van der Waals surface area contributed by atoms with Gasteiger partial charge in [-0.3, -0.25) is 0 Å². The Hall–Kier alpha value is -1.26. The first-order valence-electron chi connectivity index (χ1n) is 6.22. The fourth-order valence-corrected chi connectivity index (χ4v) is 2.33. The van der Waals surface area contributed by atoms with E-state index in [1.165, 1.54) is 0 Å². The Morgan fingerprint density at radius 2 is 1.89 bits per heavy atom. The molecule has 4 heteroatoms. The van der Waals surface area contributed by atoms with Gasteiger partial charge in [0, 0.05) is 11.6 Å². The van der Waals surface area contributed by atoms with Crippen molar-refractivity contribution in [2.75, 3.05) is 27.4 Å². The van der Waals surface area contributed by atoms with E-state index in [1.807, 2.05) is 19.1 Å². The molecule has 2 rings (SSSR count). The standard InChI is InChI=1S/C14H21NO3/c1-9-5-14(17-4)11(6-13(9)16-3)12-8-18-7-10(2)15-12/h5-6,10,12,15H,7-8H2,1-4H3. The molecular formula is C14H21NO3. The molecule has 1 aliphatic heterocycles. The molecule has 1 aliphatic rings. The van der Waals surface area contributed by atoms with Gasteiger partial charge in [-0.2, -0.15) is 0 Å². The summed E-state index contributed by atoms with van der Waals surface area (Å²) in [4.78, 5) is 0. The third-order valence-corrected chi connectivity index (χ3v) is 3.26. The highest BCUT2D eigenvalue weighted by molar-refractivity contribution is 5.47. The van der Waals surface area contributed by atoms with Crippen LogP contribution in [0.4, 0.5) is 0 Å². The molecule has 100 valence electrons. The van der Waals surface area contributed by atoms with Gasteiger partial charge in [-0.1, -0.05) is 0 Å². The molecule has 0 saturated carbocycles. The maximum atomic E-state index is 5.59. The molecule has 0 aromatic heterocycles. The van der Waals surface area contributed by atoms with E-state index in [0.717, 1.165) is 29.2 Å². The molecule has 1 fully saturated rings. The van der Waals surface area contributed by atoms with E-state index in [2.05, 4.69) is 12.2 Å². The Labute approximate surface area is 108 Å². The molecule has 2 unspecified atom stereocenters. The van der Waals surface area contributed by atoms with Crippen LogP contribution in [0.1, 0.15) is 24.1 Å². The molecule has 1 saturated heterocycles. The average Bonchev–Trinajstić information content (AvgIpc) is 2.38. The number of ether oxygens (including phenoxy) is 3. The maximum absolute atomic E-state index is 5.59. The number of methoxy groups -OCH3 is 2. The minimum Gasteiger partial charge on any atom is -0.496 e. The quantitative estimate of drug-likeness (QED) is 0.892. The van der Waals surface area contributed by atoms with Crippen LogP contribution in [0.5, 0.6) is 11.5 Å². The Morgan fingerprint density at radius 1 is 1.17 bits per heavy atom. The summed E-state index contributed by atoms with van der Waals surface area (Å²) in [7, 11) is 3.38. The van der Waals surface area contributed by atoms with Gasteiger partial charge in [-0.15, -0.1) is 0 Å². The molecule has 0 spiro atoms. The van der Waals surface area contributed by atoms with Crippen molar-refractivity contribution in [1.29, 1.82) is 0 Å². The zero-order valence-corrected chi connectivity index (χ0v) is 11.4. The number of hydrogen-bond acceptors (Lipinski definition) is 4. The summed E-state index contributed by atoms with van der Waals surface area (Å²) in [6, 6.07) is 4.54. The smallest absolute Gasteiger partial charge is 0.124 e. The SMILES string of the molecule is COc1cc(C2COCC(C)N2)c(OC)cc1C. The van der Waals surface area contributed by atoms with Crippen LogP contribution < -0.4 is 14.8 Å². The summed E-state index contributed by atoms with van der Waals surface area (Å²) in [5.41, 5.74) is 2.16. The predicted molar refractivity (Wildman–Crippen MR) is 70.4 cm³/mol. The van der Waals surface area contributed by atoms with Crippen molar-refractivity contribution in [3.8, 4) is 11.5 Å². The van der Waals surface area contributed by atoms with E-state index >= 15 is 0 Å². The molecular weight excluding hydrogens is 230 g/mol. The number of benzene rings is 1. The summed E-state index contributed by atoms with van der Waals surface area (Å²) < 4.78 is 16.4. The van der Waals surface area contributed by atoms with Crippen LogP contribution in [0.15, 0.2) is 12.1 Å². The molecule has 0 aliphatic carbocycles. The molecule has 1 heterocycles. The van der Waals surface area contributed by atoms with Crippen molar-refractivity contribution in [3.63, 3.8) is 0 Å². The van der Waals surface area contributed by atoms with Crippen LogP contribution in [0, 0.1) is 6.92 Å². The number of rotatable bonds is 3. The Balaban J connectivity index is 2.35. The molecule has 0 radical (unpaired) electrons. The second kappa shape index (κ2) is 5.59. The van der Waals surface area contributed by atoms with Gasteiger partial charge in [0.1, 0.15) is 11.5 Å². The predicted octanol–water partition coefficient (Wildman–Crippen LogP) is 2.06. The number of nitrogens with one attached hydrogen (secondary N) is 1. The fourth-order valence-electron chi connectivity index (χ4n) is 2.33. The van der Waals surface area contributed by atoms with Gasteiger partial charge < -0.3 is 19.5 Å². The lowest BCUT2D eigenvalue weighted by Gasteiger charge is -2.30. The third kappa shape index (κ3) is 2.60. The lowest BCUT2D eigenvalue weighted by molar-refractivity contribution is 0.0496. The minimum absolute atomic E-state index is 0.151. The Kier molecular flexibility index (Phi) is 4.09. The summed E-state index contributed by atoms with van der Waals surface area (Å²) in [6.45, 7) is 5.54. The van der Waals surface area contributed by atoms with E-state index in [1.54, 1.807) is 14.2 Å². The summed E-state index contributed by atoms with van der Waals surface area (Å²) in [6.07, 6.45) is 0. The van der Waals surface area contributed by atoms with Crippen molar-refractivity contribution in [3.05, 3.63) is 23.3 Å². The van der Waals surface area contributed by atoms with Crippen molar-refractivity contribution >= 4 is 0 Å². The average molecular weight is 251 g/mol. The molecule has 18 heavy (non-hydrogen) atoms. The normalized spacial score (nSPS) is 23.8. The Morgan fingerprint density at radius 3 is 2.50 bits per heavy atom. The van der Waals surface area contributed by atoms with Crippen LogP contribution in [0.3, 0.4) is 0 Å². The van der Waals surface area contributed by atoms with Gasteiger partial charge in [-0.05, 0) is 31.5 Å². The van der Waals surface area contributed by atoms with E-state index in [9.17, 15) is 0 Å². The van der Waals surface area contributed by atoms with Crippen molar-refractivity contribution in [1.82, 2.24) is 5.32 Å². The Bertz CT molecular complexity index is 420. The monoisotopic (exact) mass is 251 g/mol. The first-order valence-corrected chi connectivity index (χ1v) is 6.22. The topological polar surface area (TPSA) is 39.7 Å². The second-order valence-electron chi connectivity index (χ2n) is 4.72. The fraction of sp³-hybridized carbons (Fsp3) is 0.571. The minimum atomic E-state index is 0.151. The van der Waals surface area contributed by atoms with E-state index < -0.39 is 0 Å².